The molecule has 7 nitrogen and oxygen atoms in total. The van der Waals surface area contributed by atoms with E-state index in [1.54, 1.807) is 0 Å². The third kappa shape index (κ3) is 3.84. The summed E-state index contributed by atoms with van der Waals surface area (Å²) in [6.45, 7) is 8.73. The number of nitrogens with zero attached hydrogens (tertiary/aromatic N) is 5. The zero-order valence-corrected chi connectivity index (χ0v) is 20.8. The fraction of sp³-hybridized carbons (Fsp3) is 0.333. The van der Waals surface area contributed by atoms with Crippen LogP contribution >= 0.6 is 11.6 Å². The lowest BCUT2D eigenvalue weighted by Gasteiger charge is -2.38. The number of ether oxygens (including phenoxy) is 2. The molecule has 0 aliphatic carbocycles. The fourth-order valence-electron chi connectivity index (χ4n) is 5.19. The number of pyridine rings is 1. The molecular formula is C27H28ClN5O2. The molecule has 1 saturated heterocycles. The van der Waals surface area contributed by atoms with Crippen LogP contribution in [0.4, 0.5) is 11.4 Å². The van der Waals surface area contributed by atoms with Crippen molar-refractivity contribution >= 4 is 33.9 Å². The molecule has 6 rings (SSSR count). The minimum Gasteiger partial charge on any atom is -0.453 e. The molecule has 0 radical (unpaired) electrons. The molecular weight excluding hydrogens is 462 g/mol. The standard InChI is InChI=1S/C27H28ClN5O2/c1-3-21-25-23(33(30-21)16-19-7-9-29-10-8-19)15-24-27(35-17-34-24)26(25)32-13-11-31(12-14-32)22-6-4-5-20(28)18(22)2/h4-10,15H,3,11-14,16-17H2,1-2H3. The predicted octanol–water partition coefficient (Wildman–Crippen LogP) is 5.06. The van der Waals surface area contributed by atoms with Gasteiger partial charge < -0.3 is 19.3 Å². The van der Waals surface area contributed by atoms with Crippen LogP contribution in [0.25, 0.3) is 10.9 Å². The van der Waals surface area contributed by atoms with Crippen molar-refractivity contribution in [3.8, 4) is 11.5 Å². The summed E-state index contributed by atoms with van der Waals surface area (Å²) in [5.41, 5.74) is 6.76. The highest BCUT2D eigenvalue weighted by Gasteiger charge is 2.31. The van der Waals surface area contributed by atoms with Gasteiger partial charge in [-0.15, -0.1) is 0 Å². The highest BCUT2D eigenvalue weighted by Crippen LogP contribution is 2.48. The summed E-state index contributed by atoms with van der Waals surface area (Å²) in [6, 6.07) is 12.3. The minimum atomic E-state index is 0.246. The number of hydrogen-bond donors (Lipinski definition) is 0. The van der Waals surface area contributed by atoms with Crippen LogP contribution in [-0.4, -0.2) is 47.7 Å². The van der Waals surface area contributed by atoms with E-state index in [1.807, 2.05) is 36.7 Å². The van der Waals surface area contributed by atoms with Crippen LogP contribution in [0, 0.1) is 6.92 Å². The van der Waals surface area contributed by atoms with E-state index in [-0.39, 0.29) is 6.79 Å². The third-order valence-electron chi connectivity index (χ3n) is 7.02. The molecule has 1 fully saturated rings. The van der Waals surface area contributed by atoms with Gasteiger partial charge in [0.05, 0.1) is 28.8 Å². The first-order valence-corrected chi connectivity index (χ1v) is 12.5. The second-order valence-corrected chi connectivity index (χ2v) is 9.43. The summed E-state index contributed by atoms with van der Waals surface area (Å²) >= 11 is 6.40. The number of benzene rings is 2. The van der Waals surface area contributed by atoms with Gasteiger partial charge in [0, 0.05) is 55.3 Å². The van der Waals surface area contributed by atoms with Crippen molar-refractivity contribution in [1.82, 2.24) is 14.8 Å². The topological polar surface area (TPSA) is 55.7 Å². The van der Waals surface area contributed by atoms with Crippen molar-refractivity contribution < 1.29 is 9.47 Å². The van der Waals surface area contributed by atoms with Gasteiger partial charge in [-0.25, -0.2) is 0 Å². The molecule has 0 unspecified atom stereocenters. The SMILES string of the molecule is CCc1nn(Cc2ccncc2)c2cc3c(c(N4CCN(c5cccc(Cl)c5C)CC4)c12)OCO3. The first-order valence-electron chi connectivity index (χ1n) is 12.1. The Morgan fingerprint density at radius 2 is 1.77 bits per heavy atom. The molecule has 0 atom stereocenters. The quantitative estimate of drug-likeness (QED) is 0.390. The first-order chi connectivity index (χ1) is 17.1. The van der Waals surface area contributed by atoms with Gasteiger partial charge in [0.25, 0.3) is 0 Å². The highest BCUT2D eigenvalue weighted by atomic mass is 35.5. The van der Waals surface area contributed by atoms with E-state index in [0.29, 0.717) is 6.54 Å². The number of halogens is 1. The Morgan fingerprint density at radius 3 is 2.54 bits per heavy atom. The summed E-state index contributed by atoms with van der Waals surface area (Å²) in [4.78, 5) is 9.00. The van der Waals surface area contributed by atoms with E-state index in [2.05, 4.69) is 45.4 Å². The van der Waals surface area contributed by atoms with E-state index < -0.39 is 0 Å². The summed E-state index contributed by atoms with van der Waals surface area (Å²) in [6.07, 6.45) is 4.49. The second-order valence-electron chi connectivity index (χ2n) is 9.02. The molecule has 8 heteroatoms. The molecule has 2 aliphatic heterocycles. The number of hydrogen-bond acceptors (Lipinski definition) is 6. The lowest BCUT2D eigenvalue weighted by Crippen LogP contribution is -2.47. The van der Waals surface area contributed by atoms with Gasteiger partial charge in [-0.05, 0) is 48.7 Å². The Bertz CT molecular complexity index is 1380. The number of anilines is 2. The Hall–Kier alpha value is -3.45. The molecule has 2 aromatic carbocycles. The lowest BCUT2D eigenvalue weighted by atomic mass is 10.1. The number of rotatable bonds is 5. The summed E-state index contributed by atoms with van der Waals surface area (Å²) in [5.74, 6) is 1.63. The van der Waals surface area contributed by atoms with Gasteiger partial charge in [0.2, 0.25) is 6.79 Å². The maximum atomic E-state index is 6.40. The Balaban J connectivity index is 1.38. The number of aromatic nitrogens is 3. The van der Waals surface area contributed by atoms with Crippen LogP contribution in [-0.2, 0) is 13.0 Å². The van der Waals surface area contributed by atoms with Crippen LogP contribution in [0.15, 0.2) is 48.8 Å². The molecule has 0 saturated carbocycles. The fourth-order valence-corrected chi connectivity index (χ4v) is 5.36. The summed E-state index contributed by atoms with van der Waals surface area (Å²) < 4.78 is 14.0. The van der Waals surface area contributed by atoms with Crippen LogP contribution < -0.4 is 19.3 Å². The molecule has 0 spiro atoms. The Labute approximate surface area is 209 Å². The first kappa shape index (κ1) is 22.0. The Morgan fingerprint density at radius 1 is 1.00 bits per heavy atom. The van der Waals surface area contributed by atoms with Gasteiger partial charge >= 0.3 is 0 Å². The lowest BCUT2D eigenvalue weighted by molar-refractivity contribution is 0.174. The average molecular weight is 490 g/mol. The smallest absolute Gasteiger partial charge is 0.231 e. The van der Waals surface area contributed by atoms with Gasteiger partial charge in [-0.2, -0.15) is 5.10 Å². The summed E-state index contributed by atoms with van der Waals surface area (Å²) in [7, 11) is 0. The van der Waals surface area contributed by atoms with E-state index in [1.165, 1.54) is 5.69 Å². The van der Waals surface area contributed by atoms with E-state index in [4.69, 9.17) is 26.2 Å². The largest absolute Gasteiger partial charge is 0.453 e. The zero-order valence-electron chi connectivity index (χ0n) is 20.0. The Kier molecular flexibility index (Phi) is 5.65. The molecule has 4 heterocycles. The molecule has 0 bridgehead atoms. The molecule has 35 heavy (non-hydrogen) atoms. The van der Waals surface area contributed by atoms with Crippen molar-refractivity contribution in [3.63, 3.8) is 0 Å². The van der Waals surface area contributed by atoms with Crippen molar-refractivity contribution in [2.45, 2.75) is 26.8 Å². The van der Waals surface area contributed by atoms with Gasteiger partial charge in [0.1, 0.15) is 0 Å². The van der Waals surface area contributed by atoms with Gasteiger partial charge in [0.15, 0.2) is 11.5 Å². The van der Waals surface area contributed by atoms with E-state index in [9.17, 15) is 0 Å². The van der Waals surface area contributed by atoms with Crippen molar-refractivity contribution in [2.75, 3.05) is 42.8 Å². The van der Waals surface area contributed by atoms with E-state index >= 15 is 0 Å². The average Bonchev–Trinajstić information content (AvgIpc) is 3.50. The summed E-state index contributed by atoms with van der Waals surface area (Å²) in [5, 5.41) is 6.99. The van der Waals surface area contributed by atoms with Crippen LogP contribution in [0.2, 0.25) is 5.02 Å². The predicted molar refractivity (Wildman–Crippen MR) is 139 cm³/mol. The van der Waals surface area contributed by atoms with Gasteiger partial charge in [-0.3, -0.25) is 9.67 Å². The van der Waals surface area contributed by atoms with Crippen LogP contribution in [0.1, 0.15) is 23.7 Å². The monoisotopic (exact) mass is 489 g/mol. The van der Waals surface area contributed by atoms with Crippen molar-refractivity contribution in [3.05, 3.63) is 70.6 Å². The highest BCUT2D eigenvalue weighted by molar-refractivity contribution is 6.31. The van der Waals surface area contributed by atoms with E-state index in [0.717, 1.165) is 82.5 Å². The van der Waals surface area contributed by atoms with Crippen molar-refractivity contribution in [2.24, 2.45) is 0 Å². The maximum absolute atomic E-state index is 6.40. The molecule has 0 N–H and O–H groups in total. The zero-order chi connectivity index (χ0) is 23.9. The number of aryl methyl sites for hydroxylation is 1. The minimum absolute atomic E-state index is 0.246. The normalized spacial score (nSPS) is 15.3. The molecule has 0 amide bonds. The molecule has 2 aromatic heterocycles. The second kappa shape index (κ2) is 8.96. The van der Waals surface area contributed by atoms with Crippen molar-refractivity contribution in [1.29, 1.82) is 0 Å². The number of piperazine rings is 1. The third-order valence-corrected chi connectivity index (χ3v) is 7.43. The van der Waals surface area contributed by atoms with Gasteiger partial charge in [-0.1, -0.05) is 24.6 Å². The number of fused-ring (bicyclic) bond motifs is 2. The maximum Gasteiger partial charge on any atom is 0.231 e. The van der Waals surface area contributed by atoms with Crippen LogP contribution in [0.5, 0.6) is 11.5 Å². The van der Waals surface area contributed by atoms with Crippen LogP contribution in [0.3, 0.4) is 0 Å². The molecule has 2 aliphatic rings. The molecule has 180 valence electrons. The molecule has 4 aromatic rings.